The molecule has 1 rings (SSSR count). The SMILES string of the molecule is CCCNC(CC(C)(C)C)c1cccs1. The zero-order valence-electron chi connectivity index (χ0n) is 10.3. The van der Waals surface area contributed by atoms with E-state index in [2.05, 4.69) is 50.5 Å². The highest BCUT2D eigenvalue weighted by Crippen LogP contribution is 2.31. The van der Waals surface area contributed by atoms with Gasteiger partial charge in [-0.1, -0.05) is 33.8 Å². The molecule has 1 aromatic rings. The Morgan fingerprint density at radius 3 is 2.60 bits per heavy atom. The molecule has 1 nitrogen and oxygen atoms in total. The summed E-state index contributed by atoms with van der Waals surface area (Å²) >= 11 is 1.86. The molecule has 0 aliphatic heterocycles. The van der Waals surface area contributed by atoms with Crippen molar-refractivity contribution in [1.29, 1.82) is 0 Å². The molecular weight excluding hydrogens is 202 g/mol. The van der Waals surface area contributed by atoms with E-state index in [1.807, 2.05) is 11.3 Å². The van der Waals surface area contributed by atoms with E-state index in [1.165, 1.54) is 17.7 Å². The average Bonchev–Trinajstić information content (AvgIpc) is 2.63. The molecule has 1 atom stereocenters. The van der Waals surface area contributed by atoms with Gasteiger partial charge in [0.1, 0.15) is 0 Å². The Kier molecular flexibility index (Phi) is 4.81. The van der Waals surface area contributed by atoms with Crippen molar-refractivity contribution < 1.29 is 0 Å². The molecule has 0 saturated carbocycles. The fourth-order valence-corrected chi connectivity index (χ4v) is 2.50. The van der Waals surface area contributed by atoms with Crippen LogP contribution in [0.3, 0.4) is 0 Å². The van der Waals surface area contributed by atoms with Crippen molar-refractivity contribution in [2.45, 2.75) is 46.6 Å². The van der Waals surface area contributed by atoms with E-state index in [0.717, 1.165) is 6.54 Å². The van der Waals surface area contributed by atoms with Crippen molar-refractivity contribution in [1.82, 2.24) is 5.32 Å². The van der Waals surface area contributed by atoms with E-state index < -0.39 is 0 Å². The molecule has 0 bridgehead atoms. The number of nitrogens with one attached hydrogen (secondary N) is 1. The maximum Gasteiger partial charge on any atom is 0.0419 e. The van der Waals surface area contributed by atoms with E-state index in [4.69, 9.17) is 0 Å². The fourth-order valence-electron chi connectivity index (χ4n) is 1.69. The molecule has 0 aliphatic rings. The molecule has 0 radical (unpaired) electrons. The smallest absolute Gasteiger partial charge is 0.0419 e. The summed E-state index contributed by atoms with van der Waals surface area (Å²) in [5, 5.41) is 5.80. The molecule has 0 amide bonds. The van der Waals surface area contributed by atoms with E-state index >= 15 is 0 Å². The molecule has 0 aromatic carbocycles. The molecule has 15 heavy (non-hydrogen) atoms. The molecule has 1 heterocycles. The molecule has 1 aromatic heterocycles. The van der Waals surface area contributed by atoms with Gasteiger partial charge in [-0.25, -0.2) is 0 Å². The quantitative estimate of drug-likeness (QED) is 0.791. The highest BCUT2D eigenvalue weighted by molar-refractivity contribution is 7.10. The van der Waals surface area contributed by atoms with Gasteiger partial charge in [0.15, 0.2) is 0 Å². The summed E-state index contributed by atoms with van der Waals surface area (Å²) in [6.45, 7) is 10.2. The van der Waals surface area contributed by atoms with Crippen LogP contribution in [0.4, 0.5) is 0 Å². The Hall–Kier alpha value is -0.340. The standard InChI is InChI=1S/C13H23NS/c1-5-8-14-11(10-13(2,3)4)12-7-6-9-15-12/h6-7,9,11,14H,5,8,10H2,1-4H3. The number of hydrogen-bond acceptors (Lipinski definition) is 2. The number of hydrogen-bond donors (Lipinski definition) is 1. The number of thiophene rings is 1. The molecule has 86 valence electrons. The van der Waals surface area contributed by atoms with Crippen LogP contribution in [0.25, 0.3) is 0 Å². The first-order chi connectivity index (χ1) is 7.03. The van der Waals surface area contributed by atoms with E-state index in [-0.39, 0.29) is 0 Å². The summed E-state index contributed by atoms with van der Waals surface area (Å²) in [5.74, 6) is 0. The second-order valence-corrected chi connectivity index (χ2v) is 6.27. The fraction of sp³-hybridized carbons (Fsp3) is 0.692. The highest BCUT2D eigenvalue weighted by atomic mass is 32.1. The summed E-state index contributed by atoms with van der Waals surface area (Å²) in [5.41, 5.74) is 0.384. The van der Waals surface area contributed by atoms with E-state index in [1.54, 1.807) is 0 Å². The first kappa shape index (κ1) is 12.7. The summed E-state index contributed by atoms with van der Waals surface area (Å²) in [4.78, 5) is 1.47. The van der Waals surface area contributed by atoms with Gasteiger partial charge in [0.05, 0.1) is 0 Å². The van der Waals surface area contributed by atoms with Crippen LogP contribution in [-0.2, 0) is 0 Å². The zero-order chi connectivity index (χ0) is 11.3. The lowest BCUT2D eigenvalue weighted by Crippen LogP contribution is -2.25. The van der Waals surface area contributed by atoms with Crippen molar-refractivity contribution in [3.05, 3.63) is 22.4 Å². The van der Waals surface area contributed by atoms with Crippen molar-refractivity contribution in [2.24, 2.45) is 5.41 Å². The van der Waals surface area contributed by atoms with Crippen molar-refractivity contribution >= 4 is 11.3 Å². The Bertz CT molecular complexity index is 259. The van der Waals surface area contributed by atoms with Gasteiger partial charge in [-0.15, -0.1) is 11.3 Å². The van der Waals surface area contributed by atoms with Crippen LogP contribution in [0.15, 0.2) is 17.5 Å². The summed E-state index contributed by atoms with van der Waals surface area (Å²) in [6, 6.07) is 4.91. The van der Waals surface area contributed by atoms with Crippen LogP contribution in [0.5, 0.6) is 0 Å². The minimum atomic E-state index is 0.384. The molecular formula is C13H23NS. The van der Waals surface area contributed by atoms with Gasteiger partial charge in [-0.2, -0.15) is 0 Å². The molecule has 0 aliphatic carbocycles. The normalized spacial score (nSPS) is 14.1. The molecule has 0 spiro atoms. The van der Waals surface area contributed by atoms with Gasteiger partial charge in [0.25, 0.3) is 0 Å². The Morgan fingerprint density at radius 2 is 2.13 bits per heavy atom. The Morgan fingerprint density at radius 1 is 1.40 bits per heavy atom. The third kappa shape index (κ3) is 4.80. The third-order valence-corrected chi connectivity index (χ3v) is 3.33. The van der Waals surface area contributed by atoms with E-state index in [9.17, 15) is 0 Å². The summed E-state index contributed by atoms with van der Waals surface area (Å²) in [6.07, 6.45) is 2.40. The van der Waals surface area contributed by atoms with Gasteiger partial charge >= 0.3 is 0 Å². The lowest BCUT2D eigenvalue weighted by atomic mass is 9.87. The maximum absolute atomic E-state index is 3.64. The van der Waals surface area contributed by atoms with Crippen LogP contribution in [0.2, 0.25) is 0 Å². The third-order valence-electron chi connectivity index (χ3n) is 2.34. The maximum atomic E-state index is 3.64. The molecule has 0 fully saturated rings. The minimum absolute atomic E-state index is 0.384. The van der Waals surface area contributed by atoms with E-state index in [0.29, 0.717) is 11.5 Å². The molecule has 0 saturated heterocycles. The van der Waals surface area contributed by atoms with Crippen LogP contribution >= 0.6 is 11.3 Å². The van der Waals surface area contributed by atoms with Crippen molar-refractivity contribution in [2.75, 3.05) is 6.54 Å². The molecule has 1 N–H and O–H groups in total. The number of rotatable bonds is 5. The Labute approximate surface area is 97.9 Å². The van der Waals surface area contributed by atoms with Crippen molar-refractivity contribution in [3.8, 4) is 0 Å². The first-order valence-corrected chi connectivity index (χ1v) is 6.67. The van der Waals surface area contributed by atoms with Crippen LogP contribution in [-0.4, -0.2) is 6.54 Å². The van der Waals surface area contributed by atoms with Gasteiger partial charge in [-0.3, -0.25) is 0 Å². The van der Waals surface area contributed by atoms with Gasteiger partial charge in [-0.05, 0) is 36.2 Å². The minimum Gasteiger partial charge on any atom is -0.309 e. The summed E-state index contributed by atoms with van der Waals surface area (Å²) < 4.78 is 0. The zero-order valence-corrected chi connectivity index (χ0v) is 11.2. The molecule has 1 unspecified atom stereocenters. The van der Waals surface area contributed by atoms with Crippen LogP contribution in [0.1, 0.15) is 51.5 Å². The Balaban J connectivity index is 2.62. The van der Waals surface area contributed by atoms with Gasteiger partial charge in [0.2, 0.25) is 0 Å². The van der Waals surface area contributed by atoms with Crippen LogP contribution < -0.4 is 5.32 Å². The van der Waals surface area contributed by atoms with Gasteiger partial charge < -0.3 is 5.32 Å². The topological polar surface area (TPSA) is 12.0 Å². The largest absolute Gasteiger partial charge is 0.309 e. The first-order valence-electron chi connectivity index (χ1n) is 5.79. The summed E-state index contributed by atoms with van der Waals surface area (Å²) in [7, 11) is 0. The lowest BCUT2D eigenvalue weighted by molar-refractivity contribution is 0.314. The van der Waals surface area contributed by atoms with Gasteiger partial charge in [0, 0.05) is 10.9 Å². The second-order valence-electron chi connectivity index (χ2n) is 5.29. The molecule has 2 heteroatoms. The monoisotopic (exact) mass is 225 g/mol. The predicted molar refractivity (Wildman–Crippen MR) is 69.4 cm³/mol. The predicted octanol–water partition coefficient (Wildman–Crippen LogP) is 4.23. The highest BCUT2D eigenvalue weighted by Gasteiger charge is 2.20. The van der Waals surface area contributed by atoms with Crippen molar-refractivity contribution in [3.63, 3.8) is 0 Å². The lowest BCUT2D eigenvalue weighted by Gasteiger charge is -2.26. The van der Waals surface area contributed by atoms with Crippen LogP contribution in [0, 0.1) is 5.41 Å². The second kappa shape index (κ2) is 5.66. The average molecular weight is 225 g/mol.